The summed E-state index contributed by atoms with van der Waals surface area (Å²) in [4.78, 5) is 13.8. The minimum absolute atomic E-state index is 0.0540. The number of nitrogens with zero attached hydrogens (tertiary/aromatic N) is 3. The third kappa shape index (κ3) is 5.23. The fourth-order valence-corrected chi connectivity index (χ4v) is 4.44. The van der Waals surface area contributed by atoms with E-state index in [1.165, 1.54) is 23.1 Å². The molecule has 0 aliphatic carbocycles. The molecule has 1 aromatic heterocycles. The van der Waals surface area contributed by atoms with Crippen LogP contribution in [0.25, 0.3) is 16.9 Å². The number of piperidine rings is 1. The fourth-order valence-electron chi connectivity index (χ4n) is 4.44. The Morgan fingerprint density at radius 3 is 2.74 bits per heavy atom. The first-order chi connectivity index (χ1) is 15.0. The van der Waals surface area contributed by atoms with Crippen LogP contribution in [0.15, 0.2) is 54.7 Å². The zero-order valence-electron chi connectivity index (χ0n) is 18.8. The molecule has 0 spiro atoms. The first-order valence-electron chi connectivity index (χ1n) is 11.2. The van der Waals surface area contributed by atoms with E-state index in [-0.39, 0.29) is 5.91 Å². The lowest BCUT2D eigenvalue weighted by Gasteiger charge is -2.32. The van der Waals surface area contributed by atoms with E-state index in [1.807, 2.05) is 10.7 Å². The molecule has 1 N–H and O–H groups in total. The van der Waals surface area contributed by atoms with Crippen molar-refractivity contribution in [3.8, 4) is 16.9 Å². The van der Waals surface area contributed by atoms with Crippen molar-refractivity contribution in [1.29, 1.82) is 0 Å². The maximum Gasteiger partial charge on any atom is 0.216 e. The Morgan fingerprint density at radius 1 is 1.16 bits per heavy atom. The molecule has 162 valence electrons. The van der Waals surface area contributed by atoms with Crippen LogP contribution in [-0.2, 0) is 11.3 Å². The number of likely N-dealkylation sites (tertiary alicyclic amines) is 1. The number of hydrogen-bond acceptors (Lipinski definition) is 3. The summed E-state index contributed by atoms with van der Waals surface area (Å²) in [6.45, 7) is 9.56. The Labute approximate surface area is 185 Å². The van der Waals surface area contributed by atoms with Gasteiger partial charge < -0.3 is 5.32 Å². The van der Waals surface area contributed by atoms with Crippen LogP contribution < -0.4 is 5.32 Å². The third-order valence-electron chi connectivity index (χ3n) is 6.09. The van der Waals surface area contributed by atoms with E-state index in [1.54, 1.807) is 6.92 Å². The zero-order valence-corrected chi connectivity index (χ0v) is 18.8. The van der Waals surface area contributed by atoms with Crippen LogP contribution in [0.3, 0.4) is 0 Å². The first kappa shape index (κ1) is 21.3. The molecule has 0 bridgehead atoms. The minimum atomic E-state index is 0.0540. The number of aromatic nitrogens is 2. The van der Waals surface area contributed by atoms with Crippen LogP contribution >= 0.6 is 0 Å². The molecule has 1 aliphatic heterocycles. The van der Waals surface area contributed by atoms with E-state index in [4.69, 9.17) is 5.10 Å². The predicted molar refractivity (Wildman–Crippen MR) is 125 cm³/mol. The number of aryl methyl sites for hydroxylation is 2. The van der Waals surface area contributed by atoms with E-state index in [2.05, 4.69) is 72.7 Å². The SMILES string of the molecule is CC(=O)NCC1CCCN(Cc2cn(-c3cc(C)ccc3C)nc2-c2ccccc2)C1. The maximum atomic E-state index is 11.3. The van der Waals surface area contributed by atoms with E-state index >= 15 is 0 Å². The van der Waals surface area contributed by atoms with Gasteiger partial charge in [-0.15, -0.1) is 0 Å². The van der Waals surface area contributed by atoms with Gasteiger partial charge in [-0.3, -0.25) is 9.69 Å². The van der Waals surface area contributed by atoms with Crippen molar-refractivity contribution in [2.24, 2.45) is 5.92 Å². The number of benzene rings is 2. The van der Waals surface area contributed by atoms with E-state index in [9.17, 15) is 4.79 Å². The van der Waals surface area contributed by atoms with Crippen LogP contribution in [-0.4, -0.2) is 40.2 Å². The zero-order chi connectivity index (χ0) is 21.8. The Kier molecular flexibility index (Phi) is 6.52. The number of rotatable bonds is 6. The average molecular weight is 417 g/mol. The average Bonchev–Trinajstić information content (AvgIpc) is 3.18. The molecule has 1 amide bonds. The molecule has 4 rings (SSSR count). The van der Waals surface area contributed by atoms with Crippen LogP contribution in [0.1, 0.15) is 36.5 Å². The lowest BCUT2D eigenvalue weighted by molar-refractivity contribution is -0.119. The second-order valence-electron chi connectivity index (χ2n) is 8.78. The molecule has 2 aromatic carbocycles. The monoisotopic (exact) mass is 416 g/mol. The first-order valence-corrected chi connectivity index (χ1v) is 11.2. The Bertz CT molecular complexity index is 1040. The van der Waals surface area contributed by atoms with Crippen molar-refractivity contribution >= 4 is 5.91 Å². The highest BCUT2D eigenvalue weighted by Crippen LogP contribution is 2.27. The maximum absolute atomic E-state index is 11.3. The molecule has 5 heteroatoms. The van der Waals surface area contributed by atoms with Gasteiger partial charge in [0.2, 0.25) is 5.91 Å². The topological polar surface area (TPSA) is 50.2 Å². The number of carbonyl (C=O) groups is 1. The van der Waals surface area contributed by atoms with Gasteiger partial charge in [0.05, 0.1) is 11.4 Å². The largest absolute Gasteiger partial charge is 0.356 e. The second-order valence-corrected chi connectivity index (χ2v) is 8.78. The van der Waals surface area contributed by atoms with Gasteiger partial charge >= 0.3 is 0 Å². The molecular formula is C26H32N4O. The molecule has 3 aromatic rings. The van der Waals surface area contributed by atoms with Gasteiger partial charge in [0, 0.05) is 43.9 Å². The number of hydrogen-bond donors (Lipinski definition) is 1. The Balaban J connectivity index is 1.62. The molecule has 0 saturated carbocycles. The standard InChI is InChI=1S/C26H32N4O/c1-19-11-12-20(2)25(14-19)30-18-24(26(28-30)23-9-5-4-6-10-23)17-29-13-7-8-22(16-29)15-27-21(3)31/h4-6,9-12,14,18,22H,7-8,13,15-17H2,1-3H3,(H,27,31). The van der Waals surface area contributed by atoms with Crippen molar-refractivity contribution in [3.05, 3.63) is 71.4 Å². The second kappa shape index (κ2) is 9.48. The molecule has 1 fully saturated rings. The Hall–Kier alpha value is -2.92. The molecular weight excluding hydrogens is 384 g/mol. The fraction of sp³-hybridized carbons (Fsp3) is 0.385. The van der Waals surface area contributed by atoms with E-state index in [0.29, 0.717) is 5.92 Å². The highest BCUT2D eigenvalue weighted by Gasteiger charge is 2.22. The normalized spacial score (nSPS) is 16.9. The van der Waals surface area contributed by atoms with Crippen LogP contribution in [0.5, 0.6) is 0 Å². The highest BCUT2D eigenvalue weighted by atomic mass is 16.1. The number of carbonyl (C=O) groups excluding carboxylic acids is 1. The van der Waals surface area contributed by atoms with Gasteiger partial charge in [-0.05, 0) is 56.3 Å². The number of amides is 1. The summed E-state index contributed by atoms with van der Waals surface area (Å²) in [5.41, 5.74) is 7.01. The van der Waals surface area contributed by atoms with Crippen LogP contribution in [0, 0.1) is 19.8 Å². The summed E-state index contributed by atoms with van der Waals surface area (Å²) >= 11 is 0. The van der Waals surface area contributed by atoms with Crippen molar-refractivity contribution in [2.75, 3.05) is 19.6 Å². The molecule has 0 radical (unpaired) electrons. The van der Waals surface area contributed by atoms with Gasteiger partial charge in [0.1, 0.15) is 0 Å². The van der Waals surface area contributed by atoms with Crippen molar-refractivity contribution in [1.82, 2.24) is 20.0 Å². The third-order valence-corrected chi connectivity index (χ3v) is 6.09. The summed E-state index contributed by atoms with van der Waals surface area (Å²) in [7, 11) is 0. The summed E-state index contributed by atoms with van der Waals surface area (Å²) < 4.78 is 2.04. The van der Waals surface area contributed by atoms with Gasteiger partial charge in [-0.1, -0.05) is 42.5 Å². The smallest absolute Gasteiger partial charge is 0.216 e. The van der Waals surface area contributed by atoms with E-state index in [0.717, 1.165) is 49.5 Å². The molecule has 2 heterocycles. The molecule has 5 nitrogen and oxygen atoms in total. The van der Waals surface area contributed by atoms with Crippen LogP contribution in [0.4, 0.5) is 0 Å². The molecule has 1 unspecified atom stereocenters. The van der Waals surface area contributed by atoms with Gasteiger partial charge in [0.15, 0.2) is 0 Å². The van der Waals surface area contributed by atoms with Crippen LogP contribution in [0.2, 0.25) is 0 Å². The Morgan fingerprint density at radius 2 is 1.97 bits per heavy atom. The highest BCUT2D eigenvalue weighted by molar-refractivity contribution is 5.72. The number of nitrogens with one attached hydrogen (secondary N) is 1. The van der Waals surface area contributed by atoms with Crippen molar-refractivity contribution < 1.29 is 4.79 Å². The predicted octanol–water partition coefficient (Wildman–Crippen LogP) is 4.50. The molecule has 1 aliphatic rings. The molecule has 31 heavy (non-hydrogen) atoms. The lowest BCUT2D eigenvalue weighted by Crippen LogP contribution is -2.40. The molecule has 1 saturated heterocycles. The minimum Gasteiger partial charge on any atom is -0.356 e. The quantitative estimate of drug-likeness (QED) is 0.643. The van der Waals surface area contributed by atoms with Gasteiger partial charge in [0.25, 0.3) is 0 Å². The summed E-state index contributed by atoms with van der Waals surface area (Å²) in [5.74, 6) is 0.560. The van der Waals surface area contributed by atoms with Gasteiger partial charge in [-0.2, -0.15) is 5.10 Å². The lowest BCUT2D eigenvalue weighted by atomic mass is 9.97. The van der Waals surface area contributed by atoms with Crippen molar-refractivity contribution in [2.45, 2.75) is 40.2 Å². The summed E-state index contributed by atoms with van der Waals surface area (Å²) in [6, 6.07) is 17.0. The molecule has 1 atom stereocenters. The van der Waals surface area contributed by atoms with Crippen molar-refractivity contribution in [3.63, 3.8) is 0 Å². The summed E-state index contributed by atoms with van der Waals surface area (Å²) in [5, 5.41) is 8.02. The van der Waals surface area contributed by atoms with Gasteiger partial charge in [-0.25, -0.2) is 4.68 Å². The van der Waals surface area contributed by atoms with E-state index < -0.39 is 0 Å². The summed E-state index contributed by atoms with van der Waals surface area (Å²) in [6.07, 6.45) is 4.53.